The highest BCUT2D eigenvalue weighted by molar-refractivity contribution is 6.05. The standard InChI is InChI=1S/C15H17FN4O2/c1-8(2)17-15(22)9-6-12(21)20(7-9)14-13-10(16)4-3-5-11(13)18-19-14/h3-5,8-9H,6-7H2,1-2H3,(H,17,22)(H,18,19)/t9-/m0/s1. The number of carbonyl (C=O) groups is 2. The lowest BCUT2D eigenvalue weighted by Gasteiger charge is -2.15. The number of fused-ring (bicyclic) bond motifs is 1. The van der Waals surface area contributed by atoms with E-state index in [4.69, 9.17) is 0 Å². The highest BCUT2D eigenvalue weighted by Gasteiger charge is 2.37. The number of halogens is 1. The zero-order chi connectivity index (χ0) is 15.9. The smallest absolute Gasteiger partial charge is 0.229 e. The van der Waals surface area contributed by atoms with Gasteiger partial charge >= 0.3 is 0 Å². The Kier molecular flexibility index (Phi) is 3.56. The Balaban J connectivity index is 1.89. The van der Waals surface area contributed by atoms with E-state index in [0.29, 0.717) is 5.52 Å². The van der Waals surface area contributed by atoms with Crippen LogP contribution in [0.4, 0.5) is 10.2 Å². The van der Waals surface area contributed by atoms with Gasteiger partial charge in [0.15, 0.2) is 5.82 Å². The molecule has 6 nitrogen and oxygen atoms in total. The number of nitrogens with one attached hydrogen (secondary N) is 2. The van der Waals surface area contributed by atoms with Crippen molar-refractivity contribution in [2.24, 2.45) is 5.92 Å². The minimum absolute atomic E-state index is 0.0142. The van der Waals surface area contributed by atoms with Crippen LogP contribution in [0.25, 0.3) is 10.9 Å². The molecule has 0 spiro atoms. The van der Waals surface area contributed by atoms with Gasteiger partial charge in [0.25, 0.3) is 0 Å². The third-order valence-corrected chi connectivity index (χ3v) is 3.70. The fraction of sp³-hybridized carbons (Fsp3) is 0.400. The number of hydrogen-bond acceptors (Lipinski definition) is 3. The van der Waals surface area contributed by atoms with Crippen molar-refractivity contribution in [3.8, 4) is 0 Å². The van der Waals surface area contributed by atoms with Gasteiger partial charge in [-0.05, 0) is 26.0 Å². The first-order valence-electron chi connectivity index (χ1n) is 7.20. The van der Waals surface area contributed by atoms with E-state index in [-0.39, 0.29) is 42.0 Å². The van der Waals surface area contributed by atoms with Crippen molar-refractivity contribution in [3.63, 3.8) is 0 Å². The Morgan fingerprint density at radius 3 is 3.00 bits per heavy atom. The van der Waals surface area contributed by atoms with Crippen molar-refractivity contribution in [3.05, 3.63) is 24.0 Å². The van der Waals surface area contributed by atoms with Crippen LogP contribution in [0.1, 0.15) is 20.3 Å². The third-order valence-electron chi connectivity index (χ3n) is 3.70. The van der Waals surface area contributed by atoms with Crippen molar-refractivity contribution in [2.75, 3.05) is 11.4 Å². The van der Waals surface area contributed by atoms with E-state index in [1.807, 2.05) is 13.8 Å². The molecule has 0 bridgehead atoms. The number of carbonyl (C=O) groups excluding carboxylic acids is 2. The van der Waals surface area contributed by atoms with E-state index in [0.717, 1.165) is 0 Å². The molecule has 2 N–H and O–H groups in total. The van der Waals surface area contributed by atoms with Crippen LogP contribution >= 0.6 is 0 Å². The van der Waals surface area contributed by atoms with Crippen molar-refractivity contribution in [1.29, 1.82) is 0 Å². The van der Waals surface area contributed by atoms with Crippen molar-refractivity contribution >= 4 is 28.5 Å². The van der Waals surface area contributed by atoms with Crippen LogP contribution in [0, 0.1) is 11.7 Å². The Bertz CT molecular complexity index is 740. The molecule has 1 saturated heterocycles. The maximum atomic E-state index is 14.0. The molecule has 116 valence electrons. The van der Waals surface area contributed by atoms with Gasteiger partial charge in [0.05, 0.1) is 16.8 Å². The minimum Gasteiger partial charge on any atom is -0.354 e. The first-order chi connectivity index (χ1) is 10.5. The molecule has 1 aliphatic rings. The van der Waals surface area contributed by atoms with E-state index in [9.17, 15) is 14.0 Å². The Morgan fingerprint density at radius 2 is 2.27 bits per heavy atom. The number of aromatic amines is 1. The summed E-state index contributed by atoms with van der Waals surface area (Å²) in [6.07, 6.45) is 0.112. The van der Waals surface area contributed by atoms with Crippen LogP contribution in [-0.4, -0.2) is 34.6 Å². The zero-order valence-electron chi connectivity index (χ0n) is 12.4. The zero-order valence-corrected chi connectivity index (χ0v) is 12.4. The first kappa shape index (κ1) is 14.5. The molecule has 1 aromatic carbocycles. The van der Waals surface area contributed by atoms with E-state index >= 15 is 0 Å². The molecule has 7 heteroatoms. The second-order valence-electron chi connectivity index (χ2n) is 5.78. The van der Waals surface area contributed by atoms with Crippen LogP contribution in [0.3, 0.4) is 0 Å². The van der Waals surface area contributed by atoms with E-state index in [2.05, 4.69) is 15.5 Å². The van der Waals surface area contributed by atoms with Gasteiger partial charge in [0.2, 0.25) is 11.8 Å². The second-order valence-corrected chi connectivity index (χ2v) is 5.78. The summed E-state index contributed by atoms with van der Waals surface area (Å²) in [5.41, 5.74) is 0.526. The van der Waals surface area contributed by atoms with Gasteiger partial charge in [0.1, 0.15) is 5.82 Å². The summed E-state index contributed by atoms with van der Waals surface area (Å²) in [6.45, 7) is 3.94. The number of benzene rings is 1. The maximum Gasteiger partial charge on any atom is 0.229 e. The summed E-state index contributed by atoms with van der Waals surface area (Å²) in [7, 11) is 0. The summed E-state index contributed by atoms with van der Waals surface area (Å²) in [5, 5.41) is 9.85. The molecule has 2 aromatic rings. The molecule has 3 rings (SSSR count). The largest absolute Gasteiger partial charge is 0.354 e. The van der Waals surface area contributed by atoms with Crippen LogP contribution in [0.2, 0.25) is 0 Å². The van der Waals surface area contributed by atoms with Gasteiger partial charge in [-0.1, -0.05) is 6.07 Å². The highest BCUT2D eigenvalue weighted by atomic mass is 19.1. The Labute approximate surface area is 126 Å². The number of amides is 2. The summed E-state index contributed by atoms with van der Waals surface area (Å²) >= 11 is 0. The molecule has 1 atom stereocenters. The predicted molar refractivity (Wildman–Crippen MR) is 79.8 cm³/mol. The lowest BCUT2D eigenvalue weighted by atomic mass is 10.1. The lowest BCUT2D eigenvalue weighted by Crippen LogP contribution is -2.37. The topological polar surface area (TPSA) is 78.1 Å². The molecule has 0 aliphatic carbocycles. The molecule has 1 aliphatic heterocycles. The molecule has 22 heavy (non-hydrogen) atoms. The van der Waals surface area contributed by atoms with Gasteiger partial charge < -0.3 is 5.32 Å². The number of rotatable bonds is 3. The first-order valence-corrected chi connectivity index (χ1v) is 7.20. The average Bonchev–Trinajstić information content (AvgIpc) is 3.02. The number of hydrogen-bond donors (Lipinski definition) is 2. The molecule has 0 unspecified atom stereocenters. The number of anilines is 1. The quantitative estimate of drug-likeness (QED) is 0.903. The van der Waals surface area contributed by atoms with Gasteiger partial charge in [-0.3, -0.25) is 19.6 Å². The maximum absolute atomic E-state index is 14.0. The third kappa shape index (κ3) is 2.43. The Hall–Kier alpha value is -2.44. The summed E-state index contributed by atoms with van der Waals surface area (Å²) in [6, 6.07) is 4.61. The van der Waals surface area contributed by atoms with Crippen LogP contribution in [0.15, 0.2) is 18.2 Å². The van der Waals surface area contributed by atoms with Gasteiger partial charge in [-0.2, -0.15) is 5.10 Å². The monoisotopic (exact) mass is 304 g/mol. The Morgan fingerprint density at radius 1 is 1.50 bits per heavy atom. The van der Waals surface area contributed by atoms with Crippen LogP contribution in [-0.2, 0) is 9.59 Å². The van der Waals surface area contributed by atoms with Crippen LogP contribution in [0.5, 0.6) is 0 Å². The molecule has 2 amide bonds. The summed E-state index contributed by atoms with van der Waals surface area (Å²) in [4.78, 5) is 25.6. The lowest BCUT2D eigenvalue weighted by molar-refractivity contribution is -0.126. The van der Waals surface area contributed by atoms with Crippen molar-refractivity contribution in [1.82, 2.24) is 15.5 Å². The van der Waals surface area contributed by atoms with E-state index in [1.165, 1.54) is 11.0 Å². The number of nitrogens with zero attached hydrogens (tertiary/aromatic N) is 2. The molecule has 0 saturated carbocycles. The molecule has 0 radical (unpaired) electrons. The molecular formula is C15H17FN4O2. The number of aromatic nitrogens is 2. The van der Waals surface area contributed by atoms with Crippen molar-refractivity contribution in [2.45, 2.75) is 26.3 Å². The predicted octanol–water partition coefficient (Wildman–Crippen LogP) is 1.58. The summed E-state index contributed by atoms with van der Waals surface area (Å²) < 4.78 is 14.0. The van der Waals surface area contributed by atoms with Gasteiger partial charge in [-0.15, -0.1) is 0 Å². The van der Waals surface area contributed by atoms with Gasteiger partial charge in [0, 0.05) is 19.0 Å². The molecule has 1 aromatic heterocycles. The second kappa shape index (κ2) is 5.40. The summed E-state index contributed by atoms with van der Waals surface area (Å²) in [5.74, 6) is -1.01. The van der Waals surface area contributed by atoms with E-state index < -0.39 is 11.7 Å². The van der Waals surface area contributed by atoms with Crippen LogP contribution < -0.4 is 10.2 Å². The van der Waals surface area contributed by atoms with Crippen molar-refractivity contribution < 1.29 is 14.0 Å². The highest BCUT2D eigenvalue weighted by Crippen LogP contribution is 2.31. The molecular weight excluding hydrogens is 287 g/mol. The minimum atomic E-state index is -0.441. The molecule has 2 heterocycles. The normalized spacial score (nSPS) is 18.5. The molecule has 1 fully saturated rings. The fourth-order valence-electron chi connectivity index (χ4n) is 2.70. The van der Waals surface area contributed by atoms with E-state index in [1.54, 1.807) is 12.1 Å². The fourth-order valence-corrected chi connectivity index (χ4v) is 2.70. The van der Waals surface area contributed by atoms with Gasteiger partial charge in [-0.25, -0.2) is 4.39 Å². The SMILES string of the molecule is CC(C)NC(=O)[C@H]1CC(=O)N(c2n[nH]c3cccc(F)c23)C1. The number of H-pyrrole nitrogens is 1. The average molecular weight is 304 g/mol.